The molecule has 0 saturated heterocycles. The predicted octanol–water partition coefficient (Wildman–Crippen LogP) is 1.43. The molecule has 15 heavy (non-hydrogen) atoms. The molecule has 0 bridgehead atoms. The Hall–Kier alpha value is -1.27. The lowest BCUT2D eigenvalue weighted by molar-refractivity contribution is 0.300. The van der Waals surface area contributed by atoms with E-state index in [1.165, 1.54) is 4.88 Å². The van der Waals surface area contributed by atoms with Crippen molar-refractivity contribution in [1.29, 1.82) is 0 Å². The van der Waals surface area contributed by atoms with Crippen molar-refractivity contribution in [3.05, 3.63) is 27.5 Å². The molecule has 2 aromatic heterocycles. The van der Waals surface area contributed by atoms with Crippen molar-refractivity contribution in [3.8, 4) is 0 Å². The minimum absolute atomic E-state index is 0.673. The summed E-state index contributed by atoms with van der Waals surface area (Å²) in [4.78, 5) is 5.41. The number of hydrogen-bond donors (Lipinski definition) is 1. The van der Waals surface area contributed by atoms with E-state index in [-0.39, 0.29) is 0 Å². The zero-order valence-electron chi connectivity index (χ0n) is 8.65. The zero-order valence-corrected chi connectivity index (χ0v) is 9.47. The van der Waals surface area contributed by atoms with Gasteiger partial charge < -0.3 is 5.32 Å². The molecule has 0 radical (unpaired) electrons. The van der Waals surface area contributed by atoms with Crippen molar-refractivity contribution >= 4 is 11.3 Å². The van der Waals surface area contributed by atoms with E-state index in [0.717, 1.165) is 22.9 Å². The van der Waals surface area contributed by atoms with Gasteiger partial charge in [0.25, 0.3) is 0 Å². The first-order chi connectivity index (χ1) is 7.25. The van der Waals surface area contributed by atoms with Gasteiger partial charge in [0.15, 0.2) is 0 Å². The molecular formula is C9H12N4OS. The van der Waals surface area contributed by atoms with E-state index in [1.54, 1.807) is 11.3 Å². The average molecular weight is 224 g/mol. The largest absolute Gasteiger partial charge is 0.306 e. The SMILES string of the molecule is Cc1ncc(CNCc2nonc2C)s1. The Morgan fingerprint density at radius 1 is 1.33 bits per heavy atom. The summed E-state index contributed by atoms with van der Waals surface area (Å²) in [5, 5.41) is 11.9. The van der Waals surface area contributed by atoms with E-state index < -0.39 is 0 Å². The van der Waals surface area contributed by atoms with Gasteiger partial charge in [-0.15, -0.1) is 11.3 Å². The molecule has 80 valence electrons. The minimum Gasteiger partial charge on any atom is -0.306 e. The molecule has 0 saturated carbocycles. The Morgan fingerprint density at radius 3 is 2.80 bits per heavy atom. The van der Waals surface area contributed by atoms with Crippen LogP contribution in [0.3, 0.4) is 0 Å². The quantitative estimate of drug-likeness (QED) is 0.851. The van der Waals surface area contributed by atoms with Crippen LogP contribution in [0.2, 0.25) is 0 Å². The Labute approximate surface area is 91.5 Å². The highest BCUT2D eigenvalue weighted by Crippen LogP contribution is 2.11. The Bertz CT molecular complexity index is 437. The average Bonchev–Trinajstić information content (AvgIpc) is 2.77. The maximum Gasteiger partial charge on any atom is 0.121 e. The van der Waals surface area contributed by atoms with Crippen molar-refractivity contribution in [3.63, 3.8) is 0 Å². The third-order valence-electron chi connectivity index (χ3n) is 2.01. The van der Waals surface area contributed by atoms with E-state index >= 15 is 0 Å². The monoisotopic (exact) mass is 224 g/mol. The highest BCUT2D eigenvalue weighted by Gasteiger charge is 2.04. The van der Waals surface area contributed by atoms with Gasteiger partial charge in [0.05, 0.1) is 5.01 Å². The van der Waals surface area contributed by atoms with Gasteiger partial charge >= 0.3 is 0 Å². The second kappa shape index (κ2) is 4.50. The molecule has 0 amide bonds. The molecule has 5 nitrogen and oxygen atoms in total. The first kappa shape index (κ1) is 10.3. The molecule has 1 N–H and O–H groups in total. The maximum atomic E-state index is 4.60. The number of aromatic nitrogens is 3. The second-order valence-electron chi connectivity index (χ2n) is 3.25. The molecule has 6 heteroatoms. The van der Waals surface area contributed by atoms with Gasteiger partial charge in [0.1, 0.15) is 11.4 Å². The predicted molar refractivity (Wildman–Crippen MR) is 56.4 cm³/mol. The van der Waals surface area contributed by atoms with Gasteiger partial charge in [0.2, 0.25) is 0 Å². The van der Waals surface area contributed by atoms with E-state index in [2.05, 4.69) is 25.2 Å². The fraction of sp³-hybridized carbons (Fsp3) is 0.444. The van der Waals surface area contributed by atoms with Crippen LogP contribution in [0.5, 0.6) is 0 Å². The van der Waals surface area contributed by atoms with Crippen LogP contribution >= 0.6 is 11.3 Å². The molecule has 2 aromatic rings. The number of hydrogen-bond acceptors (Lipinski definition) is 6. The topological polar surface area (TPSA) is 63.8 Å². The molecule has 2 rings (SSSR count). The second-order valence-corrected chi connectivity index (χ2v) is 4.56. The number of aryl methyl sites for hydroxylation is 2. The lowest BCUT2D eigenvalue weighted by atomic mass is 10.3. The van der Waals surface area contributed by atoms with Crippen LogP contribution in [0.25, 0.3) is 0 Å². The molecule has 0 spiro atoms. The van der Waals surface area contributed by atoms with E-state index in [1.807, 2.05) is 20.0 Å². The summed E-state index contributed by atoms with van der Waals surface area (Å²) in [6.07, 6.45) is 1.89. The molecule has 0 aromatic carbocycles. The summed E-state index contributed by atoms with van der Waals surface area (Å²) >= 11 is 1.70. The molecule has 0 aliphatic rings. The number of nitrogens with zero attached hydrogens (tertiary/aromatic N) is 3. The highest BCUT2D eigenvalue weighted by atomic mass is 32.1. The van der Waals surface area contributed by atoms with Gasteiger partial charge in [-0.05, 0) is 13.8 Å². The number of nitrogens with one attached hydrogen (secondary N) is 1. The summed E-state index contributed by atoms with van der Waals surface area (Å²) in [6.45, 7) is 5.36. The van der Waals surface area contributed by atoms with Crippen LogP contribution in [-0.2, 0) is 13.1 Å². The Kier molecular flexibility index (Phi) is 3.08. The first-order valence-electron chi connectivity index (χ1n) is 4.66. The smallest absolute Gasteiger partial charge is 0.121 e. The normalized spacial score (nSPS) is 10.8. The summed E-state index contributed by atoms with van der Waals surface area (Å²) in [7, 11) is 0. The first-order valence-corrected chi connectivity index (χ1v) is 5.47. The minimum atomic E-state index is 0.673. The van der Waals surface area contributed by atoms with Crippen LogP contribution in [0.1, 0.15) is 21.3 Å². The summed E-state index contributed by atoms with van der Waals surface area (Å²) in [5.41, 5.74) is 1.69. The molecule has 0 atom stereocenters. The summed E-state index contributed by atoms with van der Waals surface area (Å²) in [5.74, 6) is 0. The Balaban J connectivity index is 1.83. The fourth-order valence-electron chi connectivity index (χ4n) is 1.20. The van der Waals surface area contributed by atoms with E-state index in [4.69, 9.17) is 0 Å². The summed E-state index contributed by atoms with van der Waals surface area (Å²) < 4.78 is 4.60. The van der Waals surface area contributed by atoms with Crippen LogP contribution in [-0.4, -0.2) is 15.3 Å². The van der Waals surface area contributed by atoms with Gasteiger partial charge in [0, 0.05) is 24.2 Å². The van der Waals surface area contributed by atoms with Crippen molar-refractivity contribution in [2.24, 2.45) is 0 Å². The maximum absolute atomic E-state index is 4.60. The van der Waals surface area contributed by atoms with Gasteiger partial charge in [-0.1, -0.05) is 10.3 Å². The van der Waals surface area contributed by atoms with Crippen LogP contribution in [0, 0.1) is 13.8 Å². The lowest BCUT2D eigenvalue weighted by Gasteiger charge is -1.98. The molecule has 0 fully saturated rings. The van der Waals surface area contributed by atoms with Crippen LogP contribution in [0.4, 0.5) is 0 Å². The molecule has 0 aliphatic carbocycles. The van der Waals surface area contributed by atoms with Crippen molar-refractivity contribution in [2.45, 2.75) is 26.9 Å². The highest BCUT2D eigenvalue weighted by molar-refractivity contribution is 7.11. The number of rotatable bonds is 4. The van der Waals surface area contributed by atoms with Crippen molar-refractivity contribution in [2.75, 3.05) is 0 Å². The zero-order chi connectivity index (χ0) is 10.7. The van der Waals surface area contributed by atoms with Gasteiger partial charge in [-0.3, -0.25) is 0 Å². The van der Waals surface area contributed by atoms with Gasteiger partial charge in [-0.2, -0.15) is 0 Å². The van der Waals surface area contributed by atoms with Crippen LogP contribution in [0.15, 0.2) is 10.8 Å². The molecule has 2 heterocycles. The number of thiazole rings is 1. The third-order valence-corrected chi connectivity index (χ3v) is 2.92. The third kappa shape index (κ3) is 2.60. The van der Waals surface area contributed by atoms with Crippen molar-refractivity contribution < 1.29 is 4.63 Å². The summed E-state index contributed by atoms with van der Waals surface area (Å²) in [6, 6.07) is 0. The van der Waals surface area contributed by atoms with Crippen LogP contribution < -0.4 is 5.32 Å². The van der Waals surface area contributed by atoms with Gasteiger partial charge in [-0.25, -0.2) is 9.61 Å². The molecule has 0 unspecified atom stereocenters. The standard InChI is InChI=1S/C9H12N4OS/c1-6-9(13-14-12-6)5-10-3-8-4-11-7(2)15-8/h4,10H,3,5H2,1-2H3. The van der Waals surface area contributed by atoms with E-state index in [9.17, 15) is 0 Å². The fourth-order valence-corrected chi connectivity index (χ4v) is 1.97. The lowest BCUT2D eigenvalue weighted by Crippen LogP contribution is -2.12. The molecular weight excluding hydrogens is 212 g/mol. The van der Waals surface area contributed by atoms with Crippen molar-refractivity contribution in [1.82, 2.24) is 20.6 Å². The molecule has 0 aliphatic heterocycles. The Morgan fingerprint density at radius 2 is 2.20 bits per heavy atom. The van der Waals surface area contributed by atoms with E-state index in [0.29, 0.717) is 6.54 Å².